The zero-order chi connectivity index (χ0) is 20.6. The summed E-state index contributed by atoms with van der Waals surface area (Å²) in [7, 11) is 0. The highest BCUT2D eigenvalue weighted by molar-refractivity contribution is 7.99. The van der Waals surface area contributed by atoms with Crippen molar-refractivity contribution >= 4 is 29.2 Å². The summed E-state index contributed by atoms with van der Waals surface area (Å²) in [5.41, 5.74) is 7.89. The first-order chi connectivity index (χ1) is 13.9. The molecule has 4 rings (SSSR count). The molecule has 3 N–H and O–H groups in total. The summed E-state index contributed by atoms with van der Waals surface area (Å²) in [6, 6.07) is 5.17. The van der Waals surface area contributed by atoms with Crippen LogP contribution in [0.15, 0.2) is 28.1 Å². The van der Waals surface area contributed by atoms with Gasteiger partial charge in [-0.1, -0.05) is 35.9 Å². The largest absolute Gasteiger partial charge is 0.390 e. The van der Waals surface area contributed by atoms with Gasteiger partial charge in [-0.3, -0.25) is 0 Å². The number of anilines is 1. The molecule has 0 amide bonds. The van der Waals surface area contributed by atoms with E-state index in [1.54, 1.807) is 12.1 Å². The third kappa shape index (κ3) is 3.98. The minimum atomic E-state index is -0.468. The zero-order valence-electron chi connectivity index (χ0n) is 16.5. The van der Waals surface area contributed by atoms with E-state index < -0.39 is 5.82 Å². The van der Waals surface area contributed by atoms with Crippen molar-refractivity contribution in [3.05, 3.63) is 40.4 Å². The zero-order valence-corrected chi connectivity index (χ0v) is 18.1. The van der Waals surface area contributed by atoms with Crippen LogP contribution in [0.25, 0.3) is 0 Å². The molecular weight excluding hydrogens is 411 g/mol. The van der Waals surface area contributed by atoms with Gasteiger partial charge >= 0.3 is 0 Å². The summed E-state index contributed by atoms with van der Waals surface area (Å²) in [5, 5.41) is 10.6. The number of hydrogen-bond donors (Lipinski definition) is 2. The van der Waals surface area contributed by atoms with Crippen molar-refractivity contribution < 1.29 is 9.50 Å². The number of piperidine rings is 1. The molecule has 1 saturated heterocycles. The average molecular weight is 437 g/mol. The molecular formula is C21H26ClFN4OS. The quantitative estimate of drug-likeness (QED) is 0.743. The van der Waals surface area contributed by atoms with Gasteiger partial charge in [-0.15, -0.1) is 0 Å². The Morgan fingerprint density at radius 2 is 2.07 bits per heavy atom. The van der Waals surface area contributed by atoms with Crippen LogP contribution in [-0.4, -0.2) is 34.2 Å². The summed E-state index contributed by atoms with van der Waals surface area (Å²) in [6.07, 6.45) is 5.63. The molecule has 156 valence electrons. The summed E-state index contributed by atoms with van der Waals surface area (Å²) in [6.45, 7) is 3.38. The van der Waals surface area contributed by atoms with E-state index in [2.05, 4.69) is 9.88 Å². The number of aliphatic hydroxyl groups excluding tert-OH is 1. The van der Waals surface area contributed by atoms with Gasteiger partial charge in [0.2, 0.25) is 0 Å². The molecule has 2 fully saturated rings. The molecule has 8 heteroatoms. The molecule has 1 aliphatic carbocycles. The van der Waals surface area contributed by atoms with Gasteiger partial charge in [0.1, 0.15) is 10.7 Å². The molecule has 1 aromatic carbocycles. The van der Waals surface area contributed by atoms with Gasteiger partial charge in [0, 0.05) is 19.1 Å². The van der Waals surface area contributed by atoms with Crippen molar-refractivity contribution in [1.29, 1.82) is 0 Å². The van der Waals surface area contributed by atoms with Crippen molar-refractivity contribution in [3.63, 3.8) is 0 Å². The number of aryl methyl sites for hydroxylation is 1. The monoisotopic (exact) mass is 436 g/mol. The molecule has 2 aliphatic rings. The Labute approximate surface area is 179 Å². The van der Waals surface area contributed by atoms with E-state index in [4.69, 9.17) is 22.3 Å². The Morgan fingerprint density at radius 3 is 2.72 bits per heavy atom. The van der Waals surface area contributed by atoms with Gasteiger partial charge in [-0.25, -0.2) is 14.4 Å². The summed E-state index contributed by atoms with van der Waals surface area (Å²) >= 11 is 7.06. The fraction of sp³-hybridized carbons (Fsp3) is 0.524. The SMILES string of the molecule is Cc1nc(N2CCC3(CCC[C@H]3N)CC2)c(CO)nc1Sc1cccc(Cl)c1F. The first-order valence-electron chi connectivity index (χ1n) is 10.0. The summed E-state index contributed by atoms with van der Waals surface area (Å²) in [5.74, 6) is 0.256. The molecule has 1 aliphatic heterocycles. The van der Waals surface area contributed by atoms with Crippen LogP contribution < -0.4 is 10.6 Å². The minimum Gasteiger partial charge on any atom is -0.390 e. The molecule has 5 nitrogen and oxygen atoms in total. The lowest BCUT2D eigenvalue weighted by Crippen LogP contribution is -2.47. The molecule has 2 aromatic rings. The number of aromatic nitrogens is 2. The first kappa shape index (κ1) is 20.8. The molecule has 29 heavy (non-hydrogen) atoms. The maximum Gasteiger partial charge on any atom is 0.155 e. The van der Waals surface area contributed by atoms with Gasteiger partial charge in [-0.2, -0.15) is 0 Å². The Kier molecular flexibility index (Phi) is 6.02. The van der Waals surface area contributed by atoms with Crippen LogP contribution >= 0.6 is 23.4 Å². The topological polar surface area (TPSA) is 75.3 Å². The Balaban J connectivity index is 1.56. The van der Waals surface area contributed by atoms with Gasteiger partial charge in [0.15, 0.2) is 11.6 Å². The van der Waals surface area contributed by atoms with E-state index in [0.29, 0.717) is 27.4 Å². The summed E-state index contributed by atoms with van der Waals surface area (Å²) < 4.78 is 14.3. The third-order valence-electron chi connectivity index (χ3n) is 6.39. The van der Waals surface area contributed by atoms with E-state index in [9.17, 15) is 9.50 Å². The minimum absolute atomic E-state index is 0.0759. The van der Waals surface area contributed by atoms with Crippen molar-refractivity contribution in [3.8, 4) is 0 Å². The molecule has 0 unspecified atom stereocenters. The fourth-order valence-electron chi connectivity index (χ4n) is 4.60. The Morgan fingerprint density at radius 1 is 1.31 bits per heavy atom. The van der Waals surface area contributed by atoms with Crippen molar-refractivity contribution in [1.82, 2.24) is 9.97 Å². The second kappa shape index (κ2) is 8.38. The van der Waals surface area contributed by atoms with Crippen LogP contribution in [0.3, 0.4) is 0 Å². The maximum absolute atomic E-state index is 14.3. The molecule has 1 spiro atoms. The fourth-order valence-corrected chi connectivity index (χ4v) is 5.73. The smallest absolute Gasteiger partial charge is 0.155 e. The van der Waals surface area contributed by atoms with Gasteiger partial charge in [0.05, 0.1) is 22.2 Å². The third-order valence-corrected chi connectivity index (χ3v) is 7.79. The van der Waals surface area contributed by atoms with Crippen LogP contribution in [0.5, 0.6) is 0 Å². The van der Waals surface area contributed by atoms with Gasteiger partial charge in [-0.05, 0) is 50.2 Å². The van der Waals surface area contributed by atoms with Gasteiger partial charge in [0.25, 0.3) is 0 Å². The highest BCUT2D eigenvalue weighted by Crippen LogP contribution is 2.46. The second-order valence-corrected chi connectivity index (χ2v) is 9.48. The number of aliphatic hydroxyl groups is 1. The Bertz CT molecular complexity index is 904. The summed E-state index contributed by atoms with van der Waals surface area (Å²) in [4.78, 5) is 12.0. The van der Waals surface area contributed by atoms with Gasteiger partial charge < -0.3 is 15.7 Å². The van der Waals surface area contributed by atoms with Crippen molar-refractivity contribution in [2.24, 2.45) is 11.1 Å². The van der Waals surface area contributed by atoms with Crippen LogP contribution in [0.2, 0.25) is 5.02 Å². The highest BCUT2D eigenvalue weighted by atomic mass is 35.5. The molecule has 2 heterocycles. The first-order valence-corrected chi connectivity index (χ1v) is 11.2. The standard InChI is InChI=1S/C21H26ClFN4OS/c1-13-20(29-16-5-2-4-14(22)18(16)23)26-15(12-28)19(25-13)27-10-8-21(9-11-27)7-3-6-17(21)24/h2,4-5,17,28H,3,6-12,24H2,1H3/t17-/m1/s1. The number of nitrogens with two attached hydrogens (primary N) is 1. The average Bonchev–Trinajstić information content (AvgIpc) is 3.07. The van der Waals surface area contributed by atoms with Crippen molar-refractivity contribution in [2.45, 2.75) is 61.6 Å². The normalized spacial score (nSPS) is 21.1. The van der Waals surface area contributed by atoms with E-state index in [0.717, 1.165) is 38.2 Å². The number of nitrogens with zero attached hydrogens (tertiary/aromatic N) is 3. The van der Waals surface area contributed by atoms with E-state index in [-0.39, 0.29) is 17.0 Å². The maximum atomic E-state index is 14.3. The lowest BCUT2D eigenvalue weighted by molar-refractivity contribution is 0.196. The molecule has 0 bridgehead atoms. The van der Waals surface area contributed by atoms with Crippen LogP contribution in [0, 0.1) is 18.2 Å². The van der Waals surface area contributed by atoms with Crippen LogP contribution in [-0.2, 0) is 6.61 Å². The Hall–Kier alpha value is -1.41. The molecule has 1 aromatic heterocycles. The highest BCUT2D eigenvalue weighted by Gasteiger charge is 2.43. The second-order valence-electron chi connectivity index (χ2n) is 8.04. The number of halogens is 2. The number of hydrogen-bond acceptors (Lipinski definition) is 6. The molecule has 1 atom stereocenters. The lowest BCUT2D eigenvalue weighted by atomic mass is 9.74. The predicted molar refractivity (Wildman–Crippen MR) is 114 cm³/mol. The van der Waals surface area contributed by atoms with E-state index in [1.807, 2.05) is 6.92 Å². The van der Waals surface area contributed by atoms with E-state index in [1.165, 1.54) is 30.7 Å². The van der Waals surface area contributed by atoms with E-state index >= 15 is 0 Å². The molecule has 0 radical (unpaired) electrons. The van der Waals surface area contributed by atoms with Crippen LogP contribution in [0.4, 0.5) is 10.2 Å². The number of rotatable bonds is 4. The number of benzene rings is 1. The lowest BCUT2D eigenvalue weighted by Gasteiger charge is -2.42. The van der Waals surface area contributed by atoms with Crippen LogP contribution in [0.1, 0.15) is 43.5 Å². The predicted octanol–water partition coefficient (Wildman–Crippen LogP) is 4.32. The molecule has 1 saturated carbocycles. The van der Waals surface area contributed by atoms with Crippen molar-refractivity contribution in [2.75, 3.05) is 18.0 Å².